The predicted molar refractivity (Wildman–Crippen MR) is 62.2 cm³/mol. The average molecular weight is 209 g/mol. The molecule has 86 valence electrons. The van der Waals surface area contributed by atoms with E-state index in [2.05, 4.69) is 31.7 Å². The Bertz CT molecular complexity index is 257. The van der Waals surface area contributed by atoms with Crippen molar-refractivity contribution in [2.45, 2.75) is 39.7 Å². The molecule has 2 N–H and O–H groups in total. The first-order chi connectivity index (χ1) is 6.74. The highest BCUT2D eigenvalue weighted by Crippen LogP contribution is 2.33. The second-order valence-electron chi connectivity index (χ2n) is 6.12. The number of rotatable bonds is 2. The molecule has 0 aromatic carbocycles. The van der Waals surface area contributed by atoms with E-state index in [4.69, 9.17) is 11.0 Å². The van der Waals surface area contributed by atoms with Gasteiger partial charge < -0.3 is 10.6 Å². The molecule has 2 unspecified atom stereocenters. The van der Waals surface area contributed by atoms with Crippen LogP contribution in [0.1, 0.15) is 34.1 Å². The summed E-state index contributed by atoms with van der Waals surface area (Å²) in [5, 5.41) is 8.88. The molecular formula is C12H23N3. The second-order valence-corrected chi connectivity index (χ2v) is 6.12. The summed E-state index contributed by atoms with van der Waals surface area (Å²) in [6, 6.07) is 2.16. The van der Waals surface area contributed by atoms with Crippen molar-refractivity contribution in [3.05, 3.63) is 0 Å². The van der Waals surface area contributed by atoms with Crippen molar-refractivity contribution in [2.24, 2.45) is 17.1 Å². The van der Waals surface area contributed by atoms with Crippen LogP contribution in [-0.4, -0.2) is 30.1 Å². The van der Waals surface area contributed by atoms with Gasteiger partial charge in [-0.1, -0.05) is 20.8 Å². The number of nitrogens with zero attached hydrogens (tertiary/aromatic N) is 2. The van der Waals surface area contributed by atoms with E-state index in [9.17, 15) is 0 Å². The monoisotopic (exact) mass is 209 g/mol. The third kappa shape index (κ3) is 3.48. The normalized spacial score (nSPS) is 27.3. The van der Waals surface area contributed by atoms with Gasteiger partial charge in [-0.25, -0.2) is 0 Å². The lowest BCUT2D eigenvalue weighted by Gasteiger charge is -2.28. The Morgan fingerprint density at radius 1 is 1.40 bits per heavy atom. The molecule has 3 nitrogen and oxygen atoms in total. The Morgan fingerprint density at radius 3 is 2.40 bits per heavy atom. The van der Waals surface area contributed by atoms with E-state index in [0.29, 0.717) is 12.0 Å². The molecule has 1 aliphatic rings. The Morgan fingerprint density at radius 2 is 2.00 bits per heavy atom. The van der Waals surface area contributed by atoms with Crippen LogP contribution in [0.25, 0.3) is 0 Å². The van der Waals surface area contributed by atoms with Gasteiger partial charge in [-0.3, -0.25) is 0 Å². The highest BCUT2D eigenvalue weighted by molar-refractivity contribution is 5.04. The summed E-state index contributed by atoms with van der Waals surface area (Å²) < 4.78 is 0. The maximum Gasteiger partial charge on any atom is 0.114 e. The van der Waals surface area contributed by atoms with E-state index < -0.39 is 5.54 Å². The number of nitrogens with two attached hydrogens (primary N) is 1. The summed E-state index contributed by atoms with van der Waals surface area (Å²) in [5.41, 5.74) is 5.51. The predicted octanol–water partition coefficient (Wildman–Crippen LogP) is 1.60. The molecular weight excluding hydrogens is 186 g/mol. The Labute approximate surface area is 93.2 Å². The third-order valence-electron chi connectivity index (χ3n) is 3.30. The Kier molecular flexibility index (Phi) is 3.42. The quantitative estimate of drug-likeness (QED) is 0.751. The van der Waals surface area contributed by atoms with E-state index in [1.807, 2.05) is 0 Å². The minimum Gasteiger partial charge on any atom is -0.313 e. The van der Waals surface area contributed by atoms with Crippen molar-refractivity contribution in [1.29, 1.82) is 5.26 Å². The first-order valence-electron chi connectivity index (χ1n) is 5.67. The third-order valence-corrected chi connectivity index (χ3v) is 3.30. The molecule has 0 aliphatic carbocycles. The van der Waals surface area contributed by atoms with Gasteiger partial charge in [0.15, 0.2) is 0 Å². The Balaban J connectivity index is 2.48. The van der Waals surface area contributed by atoms with Crippen LogP contribution in [0.4, 0.5) is 0 Å². The van der Waals surface area contributed by atoms with Gasteiger partial charge in [-0.15, -0.1) is 0 Å². The van der Waals surface area contributed by atoms with Crippen molar-refractivity contribution in [3.8, 4) is 6.07 Å². The zero-order valence-corrected chi connectivity index (χ0v) is 10.4. The molecule has 15 heavy (non-hydrogen) atoms. The highest BCUT2D eigenvalue weighted by atomic mass is 15.2. The van der Waals surface area contributed by atoms with Gasteiger partial charge in [0.2, 0.25) is 0 Å². The van der Waals surface area contributed by atoms with Crippen LogP contribution in [0.5, 0.6) is 0 Å². The number of hydrogen-bond donors (Lipinski definition) is 1. The van der Waals surface area contributed by atoms with Gasteiger partial charge in [0.05, 0.1) is 6.07 Å². The van der Waals surface area contributed by atoms with Crippen LogP contribution >= 0.6 is 0 Å². The zero-order chi connectivity index (χ0) is 11.7. The molecule has 3 heteroatoms. The van der Waals surface area contributed by atoms with Gasteiger partial charge >= 0.3 is 0 Å². The molecule has 1 fully saturated rings. The van der Waals surface area contributed by atoms with E-state index in [0.717, 1.165) is 19.0 Å². The molecule has 0 radical (unpaired) electrons. The summed E-state index contributed by atoms with van der Waals surface area (Å²) in [6.45, 7) is 11.5. The highest BCUT2D eigenvalue weighted by Gasteiger charge is 2.34. The lowest BCUT2D eigenvalue weighted by molar-refractivity contribution is 0.218. The summed E-state index contributed by atoms with van der Waals surface area (Å²) in [4.78, 5) is 2.32. The van der Waals surface area contributed by atoms with Crippen molar-refractivity contribution in [3.63, 3.8) is 0 Å². The van der Waals surface area contributed by atoms with Crippen molar-refractivity contribution < 1.29 is 0 Å². The summed E-state index contributed by atoms with van der Waals surface area (Å²) in [5.74, 6) is 0.729. The molecule has 0 aromatic rings. The lowest BCUT2D eigenvalue weighted by Crippen LogP contribution is -2.46. The fourth-order valence-corrected chi connectivity index (χ4v) is 2.18. The molecule has 0 bridgehead atoms. The standard InChI is InChI=1S/C12H23N3/c1-11(2,3)10-5-6-15(7-10)9-12(4,14)8-13/h10H,5-7,9,14H2,1-4H3. The maximum absolute atomic E-state index is 8.88. The molecule has 2 atom stereocenters. The molecule has 0 saturated carbocycles. The van der Waals surface area contributed by atoms with E-state index in [1.54, 1.807) is 6.92 Å². The topological polar surface area (TPSA) is 53.1 Å². The zero-order valence-electron chi connectivity index (χ0n) is 10.4. The van der Waals surface area contributed by atoms with Crippen LogP contribution in [0, 0.1) is 22.7 Å². The van der Waals surface area contributed by atoms with Gasteiger partial charge in [0.1, 0.15) is 5.54 Å². The van der Waals surface area contributed by atoms with Crippen LogP contribution in [0.3, 0.4) is 0 Å². The molecule has 1 aliphatic heterocycles. The SMILES string of the molecule is CC(N)(C#N)CN1CCC(C(C)(C)C)C1. The van der Waals surface area contributed by atoms with Gasteiger partial charge in [-0.05, 0) is 31.2 Å². The van der Waals surface area contributed by atoms with Crippen LogP contribution in [0.2, 0.25) is 0 Å². The first kappa shape index (κ1) is 12.5. The van der Waals surface area contributed by atoms with Crippen molar-refractivity contribution in [2.75, 3.05) is 19.6 Å². The summed E-state index contributed by atoms with van der Waals surface area (Å²) in [6.07, 6.45) is 1.23. The lowest BCUT2D eigenvalue weighted by atomic mass is 9.80. The van der Waals surface area contributed by atoms with Crippen LogP contribution < -0.4 is 5.73 Å². The molecule has 1 heterocycles. The molecule has 1 rings (SSSR count). The second kappa shape index (κ2) is 4.11. The number of nitriles is 1. The molecule has 0 spiro atoms. The van der Waals surface area contributed by atoms with Gasteiger partial charge in [0, 0.05) is 13.1 Å². The number of likely N-dealkylation sites (tertiary alicyclic amines) is 1. The van der Waals surface area contributed by atoms with E-state index >= 15 is 0 Å². The first-order valence-corrected chi connectivity index (χ1v) is 5.67. The van der Waals surface area contributed by atoms with Crippen LogP contribution in [-0.2, 0) is 0 Å². The minimum absolute atomic E-state index is 0.367. The van der Waals surface area contributed by atoms with E-state index in [1.165, 1.54) is 6.42 Å². The van der Waals surface area contributed by atoms with Gasteiger partial charge in [0.25, 0.3) is 0 Å². The summed E-state index contributed by atoms with van der Waals surface area (Å²) >= 11 is 0. The maximum atomic E-state index is 8.88. The van der Waals surface area contributed by atoms with Crippen LogP contribution in [0.15, 0.2) is 0 Å². The largest absolute Gasteiger partial charge is 0.313 e. The minimum atomic E-state index is -0.702. The number of hydrogen-bond acceptors (Lipinski definition) is 3. The molecule has 1 saturated heterocycles. The molecule has 0 amide bonds. The average Bonchev–Trinajstić information content (AvgIpc) is 2.51. The van der Waals surface area contributed by atoms with E-state index in [-0.39, 0.29) is 0 Å². The smallest absolute Gasteiger partial charge is 0.114 e. The van der Waals surface area contributed by atoms with Gasteiger partial charge in [-0.2, -0.15) is 5.26 Å². The summed E-state index contributed by atoms with van der Waals surface area (Å²) in [7, 11) is 0. The van der Waals surface area contributed by atoms with Crippen molar-refractivity contribution in [1.82, 2.24) is 4.90 Å². The Hall–Kier alpha value is -0.590. The molecule has 0 aromatic heterocycles. The fraction of sp³-hybridized carbons (Fsp3) is 0.917. The fourth-order valence-electron chi connectivity index (χ4n) is 2.18. The van der Waals surface area contributed by atoms with Crippen molar-refractivity contribution >= 4 is 0 Å².